The van der Waals surface area contributed by atoms with Gasteiger partial charge < -0.3 is 19.6 Å². The lowest BCUT2D eigenvalue weighted by molar-refractivity contribution is -0.385. The van der Waals surface area contributed by atoms with Gasteiger partial charge in [0.1, 0.15) is 18.1 Å². The number of benzene rings is 1. The normalized spacial score (nSPS) is 10.6. The van der Waals surface area contributed by atoms with E-state index < -0.39 is 16.8 Å². The first kappa shape index (κ1) is 19.6. The molecule has 2 N–H and O–H groups in total. The molecule has 2 aromatic heterocycles. The minimum atomic E-state index is -1.23. The summed E-state index contributed by atoms with van der Waals surface area (Å²) in [6, 6.07) is 7.31. The number of aromatic carboxylic acids is 1. The SMILES string of the molecule is Cc1cc(OCc2ccc(C(=O)Nc3cnn(C)c3C(=O)O)o2)ccc1[N+](=O)[O-]. The topological polar surface area (TPSA) is 150 Å². The van der Waals surface area contributed by atoms with Crippen LogP contribution in [0.2, 0.25) is 0 Å². The van der Waals surface area contributed by atoms with E-state index in [1.54, 1.807) is 6.92 Å². The first-order valence-corrected chi connectivity index (χ1v) is 8.29. The Morgan fingerprint density at radius 2 is 2.10 bits per heavy atom. The van der Waals surface area contributed by atoms with Gasteiger partial charge in [0.15, 0.2) is 11.5 Å². The fourth-order valence-corrected chi connectivity index (χ4v) is 2.62. The van der Waals surface area contributed by atoms with Crippen molar-refractivity contribution in [2.45, 2.75) is 13.5 Å². The molecule has 11 nitrogen and oxygen atoms in total. The summed E-state index contributed by atoms with van der Waals surface area (Å²) in [5.74, 6) is -1.15. The molecule has 0 saturated carbocycles. The van der Waals surface area contributed by atoms with Gasteiger partial charge in [-0.05, 0) is 31.2 Å². The van der Waals surface area contributed by atoms with E-state index in [9.17, 15) is 24.8 Å². The van der Waals surface area contributed by atoms with E-state index in [0.717, 1.165) is 4.68 Å². The molecule has 0 fully saturated rings. The molecule has 3 aromatic rings. The van der Waals surface area contributed by atoms with Crippen molar-refractivity contribution in [3.05, 3.63) is 69.4 Å². The molecule has 0 bridgehead atoms. The van der Waals surface area contributed by atoms with Crippen LogP contribution in [0.1, 0.15) is 32.4 Å². The van der Waals surface area contributed by atoms with Gasteiger partial charge in [-0.25, -0.2) is 4.79 Å². The Morgan fingerprint density at radius 3 is 2.76 bits per heavy atom. The van der Waals surface area contributed by atoms with Crippen LogP contribution >= 0.6 is 0 Å². The summed E-state index contributed by atoms with van der Waals surface area (Å²) in [4.78, 5) is 33.9. The van der Waals surface area contributed by atoms with Crippen molar-refractivity contribution in [3.63, 3.8) is 0 Å². The van der Waals surface area contributed by atoms with Crippen LogP contribution in [0.15, 0.2) is 40.9 Å². The minimum absolute atomic E-state index is 0.00218. The number of carbonyl (C=O) groups is 2. The molecule has 1 amide bonds. The van der Waals surface area contributed by atoms with Gasteiger partial charge in [0.25, 0.3) is 11.6 Å². The Bertz CT molecular complexity index is 1100. The molecule has 0 radical (unpaired) electrons. The maximum Gasteiger partial charge on any atom is 0.356 e. The highest BCUT2D eigenvalue weighted by atomic mass is 16.6. The fraction of sp³-hybridized carbons (Fsp3) is 0.167. The number of aryl methyl sites for hydroxylation is 2. The van der Waals surface area contributed by atoms with Gasteiger partial charge in [0.2, 0.25) is 0 Å². The summed E-state index contributed by atoms with van der Waals surface area (Å²) in [5, 5.41) is 26.3. The molecular formula is C18H16N4O7. The second-order valence-electron chi connectivity index (χ2n) is 6.05. The first-order valence-electron chi connectivity index (χ1n) is 8.29. The molecule has 0 aliphatic heterocycles. The monoisotopic (exact) mass is 400 g/mol. The Hall–Kier alpha value is -4.15. The predicted octanol–water partition coefficient (Wildman–Crippen LogP) is 2.76. The highest BCUT2D eigenvalue weighted by molar-refractivity contribution is 6.05. The van der Waals surface area contributed by atoms with Crippen LogP contribution in [0.4, 0.5) is 11.4 Å². The second-order valence-corrected chi connectivity index (χ2v) is 6.05. The summed E-state index contributed by atoms with van der Waals surface area (Å²) in [6.07, 6.45) is 1.23. The van der Waals surface area contributed by atoms with Crippen LogP contribution in [0.25, 0.3) is 0 Å². The molecule has 150 valence electrons. The molecule has 0 aliphatic carbocycles. The van der Waals surface area contributed by atoms with Crippen molar-refractivity contribution in [1.29, 1.82) is 0 Å². The van der Waals surface area contributed by atoms with E-state index >= 15 is 0 Å². The summed E-state index contributed by atoms with van der Waals surface area (Å²) in [5.41, 5.74) is 0.325. The Kier molecular flexibility index (Phi) is 5.30. The summed E-state index contributed by atoms with van der Waals surface area (Å²) in [6.45, 7) is 1.60. The third kappa shape index (κ3) is 4.24. The number of carboxylic acid groups (broad SMARTS) is 1. The number of nitro groups is 1. The number of furan rings is 1. The van der Waals surface area contributed by atoms with Crippen LogP contribution in [0.3, 0.4) is 0 Å². The van der Waals surface area contributed by atoms with E-state index in [2.05, 4.69) is 10.4 Å². The zero-order valence-electron chi connectivity index (χ0n) is 15.4. The van der Waals surface area contributed by atoms with E-state index in [1.807, 2.05) is 0 Å². The number of hydrogen-bond acceptors (Lipinski definition) is 7. The third-order valence-electron chi connectivity index (χ3n) is 4.02. The lowest BCUT2D eigenvalue weighted by Gasteiger charge is -2.06. The van der Waals surface area contributed by atoms with Gasteiger partial charge in [-0.15, -0.1) is 0 Å². The number of rotatable bonds is 7. The average molecular weight is 400 g/mol. The fourth-order valence-electron chi connectivity index (χ4n) is 2.62. The molecule has 2 heterocycles. The largest absolute Gasteiger partial charge is 0.486 e. The summed E-state index contributed by atoms with van der Waals surface area (Å²) >= 11 is 0. The van der Waals surface area contributed by atoms with Gasteiger partial charge in [-0.3, -0.25) is 19.6 Å². The molecule has 0 atom stereocenters. The Labute approximate surface area is 163 Å². The summed E-state index contributed by atoms with van der Waals surface area (Å²) in [7, 11) is 1.45. The van der Waals surface area contributed by atoms with E-state index in [1.165, 1.54) is 43.6 Å². The van der Waals surface area contributed by atoms with Gasteiger partial charge >= 0.3 is 5.97 Å². The van der Waals surface area contributed by atoms with Crippen molar-refractivity contribution < 1.29 is 28.8 Å². The third-order valence-corrected chi connectivity index (χ3v) is 4.02. The van der Waals surface area contributed by atoms with Gasteiger partial charge in [-0.2, -0.15) is 5.10 Å². The smallest absolute Gasteiger partial charge is 0.356 e. The number of carbonyl (C=O) groups excluding carboxylic acids is 1. The molecule has 0 saturated heterocycles. The van der Waals surface area contributed by atoms with Crippen LogP contribution < -0.4 is 10.1 Å². The predicted molar refractivity (Wildman–Crippen MR) is 99.0 cm³/mol. The molecule has 0 aliphatic rings. The average Bonchev–Trinajstić information content (AvgIpc) is 3.26. The molecular weight excluding hydrogens is 384 g/mol. The quantitative estimate of drug-likeness (QED) is 0.454. The highest BCUT2D eigenvalue weighted by Crippen LogP contribution is 2.24. The van der Waals surface area contributed by atoms with Gasteiger partial charge in [-0.1, -0.05) is 0 Å². The van der Waals surface area contributed by atoms with E-state index in [-0.39, 0.29) is 29.4 Å². The Morgan fingerprint density at radius 1 is 1.34 bits per heavy atom. The number of nitrogens with one attached hydrogen (secondary N) is 1. The maximum atomic E-state index is 12.3. The van der Waals surface area contributed by atoms with Crippen LogP contribution in [-0.2, 0) is 13.7 Å². The zero-order valence-corrected chi connectivity index (χ0v) is 15.4. The first-order chi connectivity index (χ1) is 13.8. The van der Waals surface area contributed by atoms with Crippen LogP contribution in [-0.4, -0.2) is 31.7 Å². The van der Waals surface area contributed by atoms with Gasteiger partial charge in [0, 0.05) is 18.7 Å². The highest BCUT2D eigenvalue weighted by Gasteiger charge is 2.20. The van der Waals surface area contributed by atoms with Gasteiger partial charge in [0.05, 0.1) is 16.8 Å². The minimum Gasteiger partial charge on any atom is -0.486 e. The van der Waals surface area contributed by atoms with Crippen molar-refractivity contribution in [3.8, 4) is 5.75 Å². The number of amides is 1. The number of anilines is 1. The molecule has 0 spiro atoms. The van der Waals surface area contributed by atoms with Crippen molar-refractivity contribution in [2.75, 3.05) is 5.32 Å². The lowest BCUT2D eigenvalue weighted by Crippen LogP contribution is -2.15. The lowest BCUT2D eigenvalue weighted by atomic mass is 10.2. The number of ether oxygens (including phenoxy) is 1. The molecule has 0 unspecified atom stereocenters. The van der Waals surface area contributed by atoms with E-state index in [4.69, 9.17) is 9.15 Å². The van der Waals surface area contributed by atoms with Crippen molar-refractivity contribution >= 4 is 23.3 Å². The number of hydrogen-bond donors (Lipinski definition) is 2. The molecule has 11 heteroatoms. The standard InChI is InChI=1S/C18H16N4O7/c1-10-7-11(3-5-14(10)22(26)27)28-9-12-4-6-15(29-12)17(23)20-13-8-19-21(2)16(13)18(24)25/h3-8H,9H2,1-2H3,(H,20,23)(H,24,25). The maximum absolute atomic E-state index is 12.3. The number of aromatic nitrogens is 2. The van der Waals surface area contributed by atoms with Crippen molar-refractivity contribution in [2.24, 2.45) is 7.05 Å². The van der Waals surface area contributed by atoms with Crippen molar-refractivity contribution in [1.82, 2.24) is 9.78 Å². The van der Waals surface area contributed by atoms with Crippen LogP contribution in [0, 0.1) is 17.0 Å². The zero-order chi connectivity index (χ0) is 21.1. The second kappa shape index (κ2) is 7.84. The number of nitro benzene ring substituents is 1. The van der Waals surface area contributed by atoms with E-state index in [0.29, 0.717) is 17.1 Å². The molecule has 1 aromatic carbocycles. The number of carboxylic acids is 1. The molecule has 3 rings (SSSR count). The molecule has 29 heavy (non-hydrogen) atoms. The van der Waals surface area contributed by atoms with Crippen LogP contribution in [0.5, 0.6) is 5.75 Å². The Balaban J connectivity index is 1.65. The summed E-state index contributed by atoms with van der Waals surface area (Å²) < 4.78 is 12.1. The number of nitrogens with zero attached hydrogens (tertiary/aromatic N) is 3.